The molecule has 0 spiro atoms. The summed E-state index contributed by atoms with van der Waals surface area (Å²) in [5, 5.41) is 20.7. The third-order valence-corrected chi connectivity index (χ3v) is 6.95. The van der Waals surface area contributed by atoms with Crippen molar-refractivity contribution in [3.05, 3.63) is 65.2 Å². The highest BCUT2D eigenvalue weighted by molar-refractivity contribution is 7.57. The predicted molar refractivity (Wildman–Crippen MR) is 164 cm³/mol. The molecule has 0 aliphatic carbocycles. The number of aryl methyl sites for hydroxylation is 1. The van der Waals surface area contributed by atoms with Gasteiger partial charge in [-0.15, -0.1) is 0 Å². The molecule has 2 aromatic carbocycles. The highest BCUT2D eigenvalue weighted by atomic mass is 31.2. The van der Waals surface area contributed by atoms with Gasteiger partial charge in [-0.3, -0.25) is 4.57 Å². The number of ether oxygens (including phenoxy) is 2. The Balaban J connectivity index is 1.79. The van der Waals surface area contributed by atoms with Gasteiger partial charge in [0.05, 0.1) is 19.3 Å². The Bertz CT molecular complexity index is 1080. The first-order valence-corrected chi connectivity index (χ1v) is 17.2. The summed E-state index contributed by atoms with van der Waals surface area (Å²) in [5.41, 5.74) is 1.66. The Labute approximate surface area is 246 Å². The molecule has 0 aliphatic heterocycles. The Morgan fingerprint density at radius 2 is 1.61 bits per heavy atom. The molecule has 0 bridgehead atoms. The van der Waals surface area contributed by atoms with E-state index in [0.717, 1.165) is 58.2 Å². The van der Waals surface area contributed by atoms with Gasteiger partial charge in [0.1, 0.15) is 11.4 Å². The number of aliphatic hydroxyl groups is 2. The maximum Gasteiger partial charge on any atom is 0.410 e. The molecule has 1 amide bonds. The van der Waals surface area contributed by atoms with Crippen LogP contribution in [0.3, 0.4) is 0 Å². The Morgan fingerprint density at radius 1 is 0.951 bits per heavy atom. The van der Waals surface area contributed by atoms with Crippen LogP contribution >= 0.6 is 7.37 Å². The van der Waals surface area contributed by atoms with E-state index < -0.39 is 25.2 Å². The summed E-state index contributed by atoms with van der Waals surface area (Å²) in [5.74, 6) is 0.317. The molecular weight excluding hydrogens is 541 g/mol. The minimum atomic E-state index is -2.81. The van der Waals surface area contributed by atoms with Gasteiger partial charge in [-0.2, -0.15) is 0 Å². The van der Waals surface area contributed by atoms with Crippen LogP contribution in [-0.4, -0.2) is 66.4 Å². The van der Waals surface area contributed by atoms with Crippen molar-refractivity contribution >= 4 is 13.5 Å². The fraction of sp³-hybridized carbons (Fsp3) is 0.594. The van der Waals surface area contributed by atoms with Gasteiger partial charge >= 0.3 is 6.09 Å². The molecule has 0 saturated heterocycles. The lowest BCUT2D eigenvalue weighted by molar-refractivity contribution is 0.0140. The lowest BCUT2D eigenvalue weighted by Gasteiger charge is -2.29. The van der Waals surface area contributed by atoms with Gasteiger partial charge in [0.15, 0.2) is 0 Å². The highest BCUT2D eigenvalue weighted by Crippen LogP contribution is 2.40. The first kappa shape index (κ1) is 34.8. The number of unbranched alkanes of at least 4 members (excludes halogenated alkanes) is 4. The summed E-state index contributed by atoms with van der Waals surface area (Å²) >= 11 is 0. The van der Waals surface area contributed by atoms with Crippen molar-refractivity contribution in [3.8, 4) is 5.75 Å². The van der Waals surface area contributed by atoms with Crippen LogP contribution in [0, 0.1) is 0 Å². The molecule has 0 radical (unpaired) electrons. The normalized spacial score (nSPS) is 12.7. The second-order valence-corrected chi connectivity index (χ2v) is 14.5. The van der Waals surface area contributed by atoms with E-state index in [0.29, 0.717) is 23.4 Å². The summed E-state index contributed by atoms with van der Waals surface area (Å²) in [6, 6.07) is 15.4. The fourth-order valence-corrected chi connectivity index (χ4v) is 4.95. The third kappa shape index (κ3) is 14.9. The summed E-state index contributed by atoms with van der Waals surface area (Å²) < 4.78 is 28.9. The van der Waals surface area contributed by atoms with Gasteiger partial charge in [-0.05, 0) is 76.1 Å². The molecule has 0 heterocycles. The van der Waals surface area contributed by atoms with E-state index >= 15 is 0 Å². The number of amides is 1. The van der Waals surface area contributed by atoms with E-state index in [1.807, 2.05) is 26.8 Å². The molecule has 2 N–H and O–H groups in total. The molecule has 2 aromatic rings. The number of nitrogens with zero attached hydrogens (tertiary/aromatic N) is 1. The van der Waals surface area contributed by atoms with Crippen LogP contribution in [0.4, 0.5) is 4.79 Å². The second kappa shape index (κ2) is 17.5. The van der Waals surface area contributed by atoms with Crippen LogP contribution in [0.25, 0.3) is 0 Å². The zero-order chi connectivity index (χ0) is 30.3. The van der Waals surface area contributed by atoms with Crippen LogP contribution in [0.1, 0.15) is 82.1 Å². The Hall–Kier alpha value is -2.38. The van der Waals surface area contributed by atoms with Gasteiger partial charge < -0.3 is 29.1 Å². The Morgan fingerprint density at radius 3 is 2.24 bits per heavy atom. The molecule has 0 unspecified atom stereocenters. The number of carbonyl (C=O) groups is 1. The third-order valence-electron chi connectivity index (χ3n) is 6.32. The van der Waals surface area contributed by atoms with E-state index in [9.17, 15) is 19.6 Å². The molecule has 0 aliphatic rings. The zero-order valence-corrected chi connectivity index (χ0v) is 26.4. The molecule has 8 nitrogen and oxygen atoms in total. The van der Waals surface area contributed by atoms with Gasteiger partial charge in [0.25, 0.3) is 0 Å². The van der Waals surface area contributed by atoms with E-state index in [4.69, 9.17) is 14.0 Å². The largest absolute Gasteiger partial charge is 0.444 e. The average Bonchev–Trinajstić information content (AvgIpc) is 2.89. The molecule has 230 valence electrons. The van der Waals surface area contributed by atoms with Crippen LogP contribution in [0.5, 0.6) is 5.75 Å². The van der Waals surface area contributed by atoms with Gasteiger partial charge in [0.2, 0.25) is 7.37 Å². The quantitative estimate of drug-likeness (QED) is 0.143. The minimum Gasteiger partial charge on any atom is -0.444 e. The zero-order valence-electron chi connectivity index (χ0n) is 25.5. The minimum absolute atomic E-state index is 0.0477. The number of carbonyl (C=O) groups excluding carboxylic acids is 1. The first-order chi connectivity index (χ1) is 19.4. The fourth-order valence-electron chi connectivity index (χ4n) is 4.29. The molecular formula is C32H50NO7P. The van der Waals surface area contributed by atoms with Gasteiger partial charge in [-0.1, -0.05) is 49.2 Å². The molecule has 1 atom stereocenters. The lowest BCUT2D eigenvalue weighted by atomic mass is 10.0. The van der Waals surface area contributed by atoms with Crippen LogP contribution < -0.4 is 4.52 Å². The SMILES string of the molecule is CC(C)(C)OC(=O)N(CCCCCCOCCCCc1ccccc1)C[C@@H](O)c1ccc(OP(C)(C)=O)c(CO)c1. The number of aliphatic hydroxyl groups excluding tert-OH is 2. The van der Waals surface area contributed by atoms with E-state index in [2.05, 4.69) is 24.3 Å². The molecule has 41 heavy (non-hydrogen) atoms. The standard InChI is InChI=1S/C32H50NO7P/c1-32(2,3)39-31(36)33(24-29(35)27-18-19-30(28(23-27)25-34)40-41(4,5)37)20-12-6-7-13-21-38-22-14-11-17-26-15-9-8-10-16-26/h8-10,15-16,18-19,23,29,34-35H,6-7,11-14,17,20-22,24-25H2,1-5H3/t29-/m1/s1. The maximum atomic E-state index is 12.9. The van der Waals surface area contributed by atoms with Gasteiger partial charge in [0, 0.05) is 38.7 Å². The summed E-state index contributed by atoms with van der Waals surface area (Å²) in [6.07, 6.45) is 5.45. The smallest absolute Gasteiger partial charge is 0.410 e. The molecule has 2 rings (SSSR count). The number of hydrogen-bond donors (Lipinski definition) is 2. The van der Waals surface area contributed by atoms with Crippen molar-refractivity contribution in [1.29, 1.82) is 0 Å². The Kier molecular flexibility index (Phi) is 14.9. The molecule has 0 fully saturated rings. The highest BCUT2D eigenvalue weighted by Gasteiger charge is 2.25. The number of hydrogen-bond acceptors (Lipinski definition) is 7. The summed E-state index contributed by atoms with van der Waals surface area (Å²) in [4.78, 5) is 14.5. The van der Waals surface area contributed by atoms with Crippen molar-refractivity contribution in [3.63, 3.8) is 0 Å². The summed E-state index contributed by atoms with van der Waals surface area (Å²) in [6.45, 7) is 10.1. The van der Waals surface area contributed by atoms with E-state index in [1.165, 1.54) is 23.8 Å². The van der Waals surface area contributed by atoms with Crippen LogP contribution in [0.2, 0.25) is 0 Å². The second-order valence-electron chi connectivity index (χ2n) is 11.8. The van der Waals surface area contributed by atoms with Crippen molar-refractivity contribution < 1.29 is 33.6 Å². The van der Waals surface area contributed by atoms with Crippen molar-refractivity contribution in [2.75, 3.05) is 39.6 Å². The maximum absolute atomic E-state index is 12.9. The van der Waals surface area contributed by atoms with Crippen molar-refractivity contribution in [2.45, 2.75) is 84.0 Å². The van der Waals surface area contributed by atoms with E-state index in [-0.39, 0.29) is 13.2 Å². The first-order valence-electron chi connectivity index (χ1n) is 14.6. The topological polar surface area (TPSA) is 106 Å². The molecule has 0 aromatic heterocycles. The predicted octanol–water partition coefficient (Wildman–Crippen LogP) is 6.97. The average molecular weight is 592 g/mol. The lowest BCUT2D eigenvalue weighted by Crippen LogP contribution is -2.39. The van der Waals surface area contributed by atoms with E-state index in [1.54, 1.807) is 18.2 Å². The van der Waals surface area contributed by atoms with Crippen molar-refractivity contribution in [2.24, 2.45) is 0 Å². The number of rotatable bonds is 18. The van der Waals surface area contributed by atoms with Crippen LogP contribution in [0.15, 0.2) is 48.5 Å². The number of benzene rings is 2. The van der Waals surface area contributed by atoms with Crippen molar-refractivity contribution in [1.82, 2.24) is 4.90 Å². The molecule has 9 heteroatoms. The summed E-state index contributed by atoms with van der Waals surface area (Å²) in [7, 11) is -2.81. The van der Waals surface area contributed by atoms with Crippen LogP contribution in [-0.2, 0) is 27.1 Å². The molecule has 0 saturated carbocycles. The van der Waals surface area contributed by atoms with Gasteiger partial charge in [-0.25, -0.2) is 4.79 Å². The monoisotopic (exact) mass is 591 g/mol.